The van der Waals surface area contributed by atoms with Gasteiger partial charge in [0, 0.05) is 73.5 Å². The quantitative estimate of drug-likeness (QED) is 0.478. The van der Waals surface area contributed by atoms with E-state index >= 15 is 0 Å². The number of H-pyrrole nitrogens is 1. The van der Waals surface area contributed by atoms with Gasteiger partial charge in [-0.2, -0.15) is 5.10 Å². The van der Waals surface area contributed by atoms with Gasteiger partial charge in [-0.05, 0) is 6.07 Å². The van der Waals surface area contributed by atoms with Gasteiger partial charge in [0.15, 0.2) is 0 Å². The number of hydrogen-bond donors (Lipinski definition) is 2. The molecule has 4 aromatic rings. The van der Waals surface area contributed by atoms with E-state index in [0.717, 1.165) is 35.6 Å². The number of fused-ring (bicyclic) bond motifs is 2. The first-order valence-corrected chi connectivity index (χ1v) is 10.1. The zero-order valence-electron chi connectivity index (χ0n) is 17.3. The Morgan fingerprint density at radius 1 is 1.16 bits per heavy atom. The summed E-state index contributed by atoms with van der Waals surface area (Å²) in [7, 11) is 1.61. The Balaban J connectivity index is 1.54. The van der Waals surface area contributed by atoms with E-state index < -0.39 is 5.82 Å². The lowest BCUT2D eigenvalue weighted by Gasteiger charge is -2.28. The van der Waals surface area contributed by atoms with Crippen LogP contribution in [0.5, 0.6) is 0 Å². The minimum Gasteiger partial charge on any atom is -0.404 e. The molecular weight excluding hydrogens is 409 g/mol. The van der Waals surface area contributed by atoms with Gasteiger partial charge >= 0.3 is 0 Å². The summed E-state index contributed by atoms with van der Waals surface area (Å²) in [5, 5.41) is 8.01. The van der Waals surface area contributed by atoms with Gasteiger partial charge in [0.1, 0.15) is 23.7 Å². The fraction of sp³-hybridized carbons (Fsp3) is 0.182. The molecule has 3 aromatic heterocycles. The summed E-state index contributed by atoms with van der Waals surface area (Å²) in [5.74, 6) is 0.353. The van der Waals surface area contributed by atoms with Gasteiger partial charge in [0.05, 0.1) is 29.1 Å². The van der Waals surface area contributed by atoms with E-state index in [4.69, 9.17) is 5.73 Å². The first-order chi connectivity index (χ1) is 15.7. The summed E-state index contributed by atoms with van der Waals surface area (Å²) in [6.07, 6.45) is 8.57. The highest BCUT2D eigenvalue weighted by Crippen LogP contribution is 2.31. The standard InChI is InChI=1S/C22H20FN9/c1-25-10-13(9-24)14-6-15-18(7-16(14)23)30-31-22(15)19-8-21(29-12-28-19)32-5-2-17-20(11-32)27-4-3-26-17/h3-4,6-10,12H,2,5,11,24H2,1H3,(H,30,31). The van der Waals surface area contributed by atoms with Crippen molar-refractivity contribution in [2.24, 2.45) is 10.7 Å². The van der Waals surface area contributed by atoms with E-state index in [1.165, 1.54) is 24.8 Å². The maximum atomic E-state index is 14.7. The number of aromatic nitrogens is 6. The number of nitrogens with zero attached hydrogens (tertiary/aromatic N) is 7. The van der Waals surface area contributed by atoms with Gasteiger partial charge < -0.3 is 10.6 Å². The molecule has 1 aromatic carbocycles. The number of aliphatic imine (C=N–C) groups is 1. The summed E-state index contributed by atoms with van der Waals surface area (Å²) in [6, 6.07) is 4.99. The van der Waals surface area contributed by atoms with Gasteiger partial charge in [-0.15, -0.1) is 0 Å². The van der Waals surface area contributed by atoms with Gasteiger partial charge in [0.2, 0.25) is 0 Å². The van der Waals surface area contributed by atoms with Crippen molar-refractivity contribution in [1.29, 1.82) is 0 Å². The minimum atomic E-state index is -0.416. The number of rotatable bonds is 4. The molecule has 0 spiro atoms. The van der Waals surface area contributed by atoms with Gasteiger partial charge in [-0.1, -0.05) is 0 Å². The Morgan fingerprint density at radius 2 is 2.00 bits per heavy atom. The molecule has 1 aliphatic heterocycles. The van der Waals surface area contributed by atoms with Gasteiger partial charge in [0.25, 0.3) is 0 Å². The lowest BCUT2D eigenvalue weighted by molar-refractivity contribution is 0.626. The summed E-state index contributed by atoms with van der Waals surface area (Å²) < 4.78 is 14.7. The molecule has 160 valence electrons. The Bertz CT molecular complexity index is 1360. The summed E-state index contributed by atoms with van der Waals surface area (Å²) in [5.41, 5.74) is 10.3. The summed E-state index contributed by atoms with van der Waals surface area (Å²) >= 11 is 0. The molecular formula is C22H20FN9. The van der Waals surface area contributed by atoms with Crippen molar-refractivity contribution >= 4 is 28.5 Å². The molecule has 0 radical (unpaired) electrons. The highest BCUT2D eigenvalue weighted by Gasteiger charge is 2.21. The molecule has 0 aliphatic carbocycles. The third kappa shape index (κ3) is 3.45. The molecule has 5 rings (SSSR count). The molecule has 1 aliphatic rings. The minimum absolute atomic E-state index is 0.341. The van der Waals surface area contributed by atoms with E-state index in [9.17, 15) is 4.39 Å². The zero-order valence-corrected chi connectivity index (χ0v) is 17.3. The largest absolute Gasteiger partial charge is 0.404 e. The first-order valence-electron chi connectivity index (χ1n) is 10.1. The third-order valence-corrected chi connectivity index (χ3v) is 5.45. The van der Waals surface area contributed by atoms with Crippen molar-refractivity contribution < 1.29 is 4.39 Å². The number of nitrogens with one attached hydrogen (secondary N) is 1. The van der Waals surface area contributed by atoms with Crippen molar-refractivity contribution in [3.63, 3.8) is 0 Å². The molecule has 0 amide bonds. The second-order valence-electron chi connectivity index (χ2n) is 7.34. The maximum absolute atomic E-state index is 14.7. The maximum Gasteiger partial charge on any atom is 0.133 e. The van der Waals surface area contributed by atoms with Gasteiger partial charge in [-0.3, -0.25) is 20.1 Å². The van der Waals surface area contributed by atoms with E-state index in [0.29, 0.717) is 34.6 Å². The summed E-state index contributed by atoms with van der Waals surface area (Å²) in [4.78, 5) is 23.8. The van der Waals surface area contributed by atoms with Crippen molar-refractivity contribution in [3.8, 4) is 11.4 Å². The molecule has 0 fully saturated rings. The highest BCUT2D eigenvalue weighted by molar-refractivity contribution is 6.11. The molecule has 0 saturated carbocycles. The van der Waals surface area contributed by atoms with E-state index in [1.54, 1.807) is 25.5 Å². The lowest BCUT2D eigenvalue weighted by atomic mass is 10.0. The smallest absolute Gasteiger partial charge is 0.133 e. The van der Waals surface area contributed by atoms with E-state index in [2.05, 4.69) is 40.0 Å². The molecule has 0 unspecified atom stereocenters. The Hall–Kier alpha value is -4.21. The van der Waals surface area contributed by atoms with E-state index in [-0.39, 0.29) is 0 Å². The monoisotopic (exact) mass is 429 g/mol. The van der Waals surface area contributed by atoms with Crippen LogP contribution < -0.4 is 10.6 Å². The molecule has 9 nitrogen and oxygen atoms in total. The van der Waals surface area contributed by atoms with Crippen molar-refractivity contribution in [2.75, 3.05) is 18.5 Å². The number of halogens is 1. The van der Waals surface area contributed by atoms with Crippen LogP contribution in [0.4, 0.5) is 10.2 Å². The SMILES string of the molecule is CN=CC(=CN)c1cc2c(-c3cc(N4CCc5nccnc5C4)ncn3)n[nH]c2cc1F. The second kappa shape index (κ2) is 8.14. The van der Waals surface area contributed by atoms with Crippen molar-refractivity contribution in [1.82, 2.24) is 30.1 Å². The van der Waals surface area contributed by atoms with Crippen LogP contribution in [0.1, 0.15) is 17.0 Å². The Morgan fingerprint density at radius 3 is 2.81 bits per heavy atom. The topological polar surface area (TPSA) is 122 Å². The van der Waals surface area contributed by atoms with Crippen LogP contribution in [-0.4, -0.2) is 49.9 Å². The van der Waals surface area contributed by atoms with Crippen LogP contribution in [0.2, 0.25) is 0 Å². The Kier molecular flexibility index (Phi) is 5.02. The van der Waals surface area contributed by atoms with Crippen LogP contribution in [0.25, 0.3) is 27.9 Å². The van der Waals surface area contributed by atoms with Crippen LogP contribution in [0.15, 0.2) is 48.1 Å². The van der Waals surface area contributed by atoms with Crippen LogP contribution in [0, 0.1) is 5.82 Å². The summed E-state index contributed by atoms with van der Waals surface area (Å²) in [6.45, 7) is 1.40. The highest BCUT2D eigenvalue weighted by atomic mass is 19.1. The van der Waals surface area contributed by atoms with Crippen molar-refractivity contribution in [2.45, 2.75) is 13.0 Å². The van der Waals surface area contributed by atoms with Crippen LogP contribution >= 0.6 is 0 Å². The normalized spacial score (nSPS) is 14.3. The molecule has 0 bridgehead atoms. The van der Waals surface area contributed by atoms with Crippen LogP contribution in [-0.2, 0) is 13.0 Å². The number of aromatic amines is 1. The van der Waals surface area contributed by atoms with Crippen LogP contribution in [0.3, 0.4) is 0 Å². The zero-order chi connectivity index (χ0) is 22.1. The number of nitrogens with two attached hydrogens (primary N) is 1. The first kappa shape index (κ1) is 19.7. The molecule has 0 saturated heterocycles. The fourth-order valence-electron chi connectivity index (χ4n) is 3.88. The average Bonchev–Trinajstić information content (AvgIpc) is 3.24. The second-order valence-corrected chi connectivity index (χ2v) is 7.34. The van der Waals surface area contributed by atoms with E-state index in [1.807, 2.05) is 6.07 Å². The molecule has 0 atom stereocenters. The molecule has 3 N–H and O–H groups in total. The Labute approximate surface area is 183 Å². The van der Waals surface area contributed by atoms with Gasteiger partial charge in [-0.25, -0.2) is 14.4 Å². The van der Waals surface area contributed by atoms with Crippen molar-refractivity contribution in [3.05, 3.63) is 65.9 Å². The number of allylic oxidation sites excluding steroid dienone is 1. The fourth-order valence-corrected chi connectivity index (χ4v) is 3.88. The average molecular weight is 429 g/mol. The third-order valence-electron chi connectivity index (χ3n) is 5.45. The molecule has 10 heteroatoms. The molecule has 32 heavy (non-hydrogen) atoms. The number of anilines is 1. The predicted octanol–water partition coefficient (Wildman–Crippen LogP) is 2.51. The molecule has 4 heterocycles. The lowest BCUT2D eigenvalue weighted by Crippen LogP contribution is -2.32. The predicted molar refractivity (Wildman–Crippen MR) is 120 cm³/mol. The number of benzene rings is 1. The number of hydrogen-bond acceptors (Lipinski definition) is 8.